The van der Waals surface area contributed by atoms with Crippen LogP contribution < -0.4 is 10.6 Å². The van der Waals surface area contributed by atoms with Gasteiger partial charge >= 0.3 is 0 Å². The van der Waals surface area contributed by atoms with Crippen LogP contribution in [0.1, 0.15) is 39.1 Å². The normalized spacial score (nSPS) is 20.3. The number of carbonyl (C=O) groups excluding carboxylic acids is 2. The second-order valence-electron chi connectivity index (χ2n) is 6.54. The van der Waals surface area contributed by atoms with E-state index in [9.17, 15) is 18.0 Å². The molecule has 7 heteroatoms. The van der Waals surface area contributed by atoms with E-state index in [4.69, 9.17) is 0 Å². The predicted molar refractivity (Wildman–Crippen MR) is 95.1 cm³/mol. The second kappa shape index (κ2) is 6.34. The van der Waals surface area contributed by atoms with Crippen molar-refractivity contribution in [2.45, 2.75) is 28.7 Å². The molecule has 2 N–H and O–H groups in total. The van der Waals surface area contributed by atoms with Crippen molar-refractivity contribution in [3.05, 3.63) is 59.2 Å². The lowest BCUT2D eigenvalue weighted by Crippen LogP contribution is -2.37. The zero-order valence-electron chi connectivity index (χ0n) is 14.0. The van der Waals surface area contributed by atoms with Crippen molar-refractivity contribution in [3.63, 3.8) is 0 Å². The molecule has 0 aliphatic carbocycles. The fourth-order valence-corrected chi connectivity index (χ4v) is 5.15. The lowest BCUT2D eigenvalue weighted by Gasteiger charge is -2.19. The molecule has 6 nitrogen and oxygen atoms in total. The highest BCUT2D eigenvalue weighted by atomic mass is 32.2. The Balaban J connectivity index is 1.67. The molecule has 1 saturated heterocycles. The van der Waals surface area contributed by atoms with Crippen LogP contribution in [0.2, 0.25) is 0 Å². The Bertz CT molecular complexity index is 1010. The molecule has 2 heterocycles. The van der Waals surface area contributed by atoms with Crippen LogP contribution in [0.4, 0.5) is 0 Å². The van der Waals surface area contributed by atoms with E-state index in [2.05, 4.69) is 10.6 Å². The predicted octanol–water partition coefficient (Wildman–Crippen LogP) is 1.55. The van der Waals surface area contributed by atoms with Crippen LogP contribution in [0.25, 0.3) is 0 Å². The molecule has 2 aromatic rings. The maximum atomic E-state index is 12.9. The van der Waals surface area contributed by atoms with Gasteiger partial charge in [-0.05, 0) is 49.7 Å². The quantitative estimate of drug-likeness (QED) is 0.730. The molecule has 0 radical (unpaired) electrons. The Morgan fingerprint density at radius 2 is 1.88 bits per heavy atom. The smallest absolute Gasteiger partial charge is 0.251 e. The van der Waals surface area contributed by atoms with E-state index in [1.165, 1.54) is 30.3 Å². The molecule has 0 spiro atoms. The molecule has 134 valence electrons. The maximum Gasteiger partial charge on any atom is 0.251 e. The lowest BCUT2D eigenvalue weighted by molar-refractivity contribution is 0.0948. The first kappa shape index (κ1) is 16.9. The van der Waals surface area contributed by atoms with Gasteiger partial charge < -0.3 is 10.6 Å². The summed E-state index contributed by atoms with van der Waals surface area (Å²) in [7, 11) is -3.83. The average molecular weight is 370 g/mol. The summed E-state index contributed by atoms with van der Waals surface area (Å²) in [5.74, 6) is -0.685. The Kier molecular flexibility index (Phi) is 4.13. The maximum absolute atomic E-state index is 12.9. The minimum Gasteiger partial charge on any atom is -0.350 e. The molecule has 1 amide bonds. The first-order valence-electron chi connectivity index (χ1n) is 8.53. The number of hydrogen-bond donors (Lipinski definition) is 2. The monoisotopic (exact) mass is 370 g/mol. The fourth-order valence-electron chi connectivity index (χ4n) is 3.47. The third-order valence-corrected chi connectivity index (χ3v) is 6.72. The molecule has 1 fully saturated rings. The Labute approximate surface area is 151 Å². The van der Waals surface area contributed by atoms with Gasteiger partial charge in [-0.3, -0.25) is 9.59 Å². The molecule has 1 atom stereocenters. The minimum atomic E-state index is -3.83. The Hall–Kier alpha value is -2.51. The average Bonchev–Trinajstić information content (AvgIpc) is 3.18. The summed E-state index contributed by atoms with van der Waals surface area (Å²) in [4.78, 5) is 24.9. The van der Waals surface area contributed by atoms with Gasteiger partial charge in [-0.2, -0.15) is 0 Å². The zero-order chi connectivity index (χ0) is 18.3. The van der Waals surface area contributed by atoms with Crippen molar-refractivity contribution in [1.82, 2.24) is 10.6 Å². The van der Waals surface area contributed by atoms with Crippen LogP contribution in [0, 0.1) is 0 Å². The number of hydrogen-bond acceptors (Lipinski definition) is 5. The standard InChI is InChI=1S/C19H18N2O4S/c22-18-14-5-1-2-6-16(14)26(24,25)17-10-12(7-8-15(17)18)19(23)21-11-13-4-3-9-20-13/h1-2,5-8,10,13,20H,3-4,9,11H2,(H,21,23). The van der Waals surface area contributed by atoms with Crippen LogP contribution in [-0.4, -0.2) is 39.2 Å². The molecule has 2 aliphatic rings. The van der Waals surface area contributed by atoms with E-state index >= 15 is 0 Å². The molecule has 0 saturated carbocycles. The van der Waals surface area contributed by atoms with Crippen molar-refractivity contribution >= 4 is 21.5 Å². The highest BCUT2D eigenvalue weighted by Crippen LogP contribution is 2.34. The third-order valence-electron chi connectivity index (χ3n) is 4.87. The number of fused-ring (bicyclic) bond motifs is 2. The van der Waals surface area contributed by atoms with E-state index in [1.54, 1.807) is 12.1 Å². The van der Waals surface area contributed by atoms with E-state index in [0.29, 0.717) is 6.54 Å². The molecular formula is C19H18N2O4S. The van der Waals surface area contributed by atoms with Crippen molar-refractivity contribution in [1.29, 1.82) is 0 Å². The molecule has 1 unspecified atom stereocenters. The SMILES string of the molecule is O=C(NCC1CCCN1)c1ccc2c(c1)S(=O)(=O)c1ccccc1C2=O. The summed E-state index contributed by atoms with van der Waals surface area (Å²) >= 11 is 0. The number of benzene rings is 2. The van der Waals surface area contributed by atoms with Crippen molar-refractivity contribution in [3.8, 4) is 0 Å². The molecule has 26 heavy (non-hydrogen) atoms. The van der Waals surface area contributed by atoms with E-state index in [0.717, 1.165) is 19.4 Å². The number of rotatable bonds is 3. The summed E-state index contributed by atoms with van der Waals surface area (Å²) < 4.78 is 25.8. The molecule has 4 rings (SSSR count). The van der Waals surface area contributed by atoms with Gasteiger partial charge in [0.05, 0.1) is 9.79 Å². The number of amides is 1. The molecular weight excluding hydrogens is 352 g/mol. The number of sulfone groups is 1. The highest BCUT2D eigenvalue weighted by Gasteiger charge is 2.35. The Morgan fingerprint density at radius 1 is 1.12 bits per heavy atom. The number of ketones is 1. The van der Waals surface area contributed by atoms with Gasteiger partial charge in [0.2, 0.25) is 9.84 Å². The molecule has 0 bridgehead atoms. The largest absolute Gasteiger partial charge is 0.350 e. The van der Waals surface area contributed by atoms with Crippen LogP contribution >= 0.6 is 0 Å². The lowest BCUT2D eigenvalue weighted by atomic mass is 10.0. The van der Waals surface area contributed by atoms with Gasteiger partial charge in [0.1, 0.15) is 0 Å². The van der Waals surface area contributed by atoms with Crippen LogP contribution in [0.5, 0.6) is 0 Å². The third kappa shape index (κ3) is 2.73. The summed E-state index contributed by atoms with van der Waals surface area (Å²) in [5.41, 5.74) is 0.514. The second-order valence-corrected chi connectivity index (χ2v) is 8.43. The fraction of sp³-hybridized carbons (Fsp3) is 0.263. The first-order chi connectivity index (χ1) is 12.5. The summed E-state index contributed by atoms with van der Waals surface area (Å²) in [6.07, 6.45) is 2.09. The van der Waals surface area contributed by atoms with Crippen molar-refractivity contribution < 1.29 is 18.0 Å². The van der Waals surface area contributed by atoms with Crippen LogP contribution in [0.15, 0.2) is 52.3 Å². The molecule has 2 aromatic carbocycles. The van der Waals surface area contributed by atoms with E-state index < -0.39 is 9.84 Å². The first-order valence-corrected chi connectivity index (χ1v) is 10.0. The van der Waals surface area contributed by atoms with Gasteiger partial charge in [0, 0.05) is 29.3 Å². The van der Waals surface area contributed by atoms with Crippen LogP contribution in [0.3, 0.4) is 0 Å². The summed E-state index contributed by atoms with van der Waals surface area (Å²) in [5, 5.41) is 6.11. The Morgan fingerprint density at radius 3 is 2.65 bits per heavy atom. The van der Waals surface area contributed by atoms with Gasteiger partial charge in [0.15, 0.2) is 5.78 Å². The number of nitrogens with one attached hydrogen (secondary N) is 2. The summed E-state index contributed by atoms with van der Waals surface area (Å²) in [6, 6.07) is 10.6. The van der Waals surface area contributed by atoms with Gasteiger partial charge in [-0.15, -0.1) is 0 Å². The topological polar surface area (TPSA) is 92.3 Å². The van der Waals surface area contributed by atoms with Gasteiger partial charge in [-0.25, -0.2) is 8.42 Å². The summed E-state index contributed by atoms with van der Waals surface area (Å²) in [6.45, 7) is 1.43. The van der Waals surface area contributed by atoms with Crippen molar-refractivity contribution in [2.75, 3.05) is 13.1 Å². The van der Waals surface area contributed by atoms with Gasteiger partial charge in [0.25, 0.3) is 5.91 Å². The van der Waals surface area contributed by atoms with Gasteiger partial charge in [-0.1, -0.05) is 12.1 Å². The van der Waals surface area contributed by atoms with Crippen molar-refractivity contribution in [2.24, 2.45) is 0 Å². The van der Waals surface area contributed by atoms with E-state index in [1.807, 2.05) is 0 Å². The van der Waals surface area contributed by atoms with E-state index in [-0.39, 0.29) is 44.2 Å². The zero-order valence-corrected chi connectivity index (χ0v) is 14.8. The van der Waals surface area contributed by atoms with Crippen LogP contribution in [-0.2, 0) is 9.84 Å². The molecule has 2 aliphatic heterocycles. The number of carbonyl (C=O) groups is 2. The minimum absolute atomic E-state index is 0.00906. The highest BCUT2D eigenvalue weighted by molar-refractivity contribution is 7.91. The molecule has 0 aromatic heterocycles.